The van der Waals surface area contributed by atoms with Gasteiger partial charge in [0, 0.05) is 24.2 Å². The van der Waals surface area contributed by atoms with Crippen molar-refractivity contribution < 1.29 is 9.47 Å². The maximum Gasteiger partial charge on any atom is 0.233 e. The van der Waals surface area contributed by atoms with Crippen LogP contribution in [-0.4, -0.2) is 35.9 Å². The van der Waals surface area contributed by atoms with Crippen LogP contribution in [0.5, 0.6) is 11.5 Å². The third-order valence-corrected chi connectivity index (χ3v) is 6.50. The van der Waals surface area contributed by atoms with E-state index in [9.17, 15) is 0 Å². The average Bonchev–Trinajstić information content (AvgIpc) is 3.66. The van der Waals surface area contributed by atoms with E-state index in [-0.39, 0.29) is 6.79 Å². The van der Waals surface area contributed by atoms with Gasteiger partial charge in [-0.05, 0) is 35.7 Å². The zero-order valence-corrected chi connectivity index (χ0v) is 19.3. The van der Waals surface area contributed by atoms with E-state index in [0.717, 1.165) is 22.4 Å². The maximum atomic E-state index is 5.53. The van der Waals surface area contributed by atoms with Gasteiger partial charge in [0.15, 0.2) is 28.5 Å². The monoisotopic (exact) mass is 482 g/mol. The van der Waals surface area contributed by atoms with Crippen LogP contribution in [-0.2, 0) is 7.05 Å². The van der Waals surface area contributed by atoms with E-state index >= 15 is 0 Å². The Bertz CT molecular complexity index is 1710. The van der Waals surface area contributed by atoms with Gasteiger partial charge in [-0.1, -0.05) is 12.1 Å². The highest BCUT2D eigenvalue weighted by Gasteiger charge is 2.18. The van der Waals surface area contributed by atoms with Crippen LogP contribution in [0.25, 0.3) is 27.9 Å². The lowest BCUT2D eigenvalue weighted by molar-refractivity contribution is 0.174. The van der Waals surface area contributed by atoms with Crippen molar-refractivity contribution in [2.24, 2.45) is 7.05 Å². The molecule has 0 saturated carbocycles. The first-order chi connectivity index (χ1) is 17.2. The second-order valence-corrected chi connectivity index (χ2v) is 8.75. The van der Waals surface area contributed by atoms with E-state index in [2.05, 4.69) is 15.6 Å². The van der Waals surface area contributed by atoms with Crippen molar-refractivity contribution in [2.45, 2.75) is 0 Å². The third-order valence-electron chi connectivity index (χ3n) is 5.83. The van der Waals surface area contributed by atoms with E-state index in [1.165, 1.54) is 0 Å². The van der Waals surface area contributed by atoms with Gasteiger partial charge in [-0.15, -0.1) is 0 Å². The van der Waals surface area contributed by atoms with Gasteiger partial charge in [-0.25, -0.2) is 9.97 Å². The minimum atomic E-state index is 0.216. The van der Waals surface area contributed by atoms with Gasteiger partial charge in [0.2, 0.25) is 18.7 Å². The highest BCUT2D eigenvalue weighted by Crippen LogP contribution is 2.36. The fourth-order valence-corrected chi connectivity index (χ4v) is 4.72. The maximum absolute atomic E-state index is 5.53. The first-order valence-electron chi connectivity index (χ1n) is 10.9. The van der Waals surface area contributed by atoms with Crippen LogP contribution in [0.15, 0.2) is 65.6 Å². The Kier molecular flexibility index (Phi) is 4.36. The van der Waals surface area contributed by atoms with Crippen molar-refractivity contribution in [1.82, 2.24) is 29.1 Å². The van der Waals surface area contributed by atoms with Gasteiger partial charge in [0.05, 0.1) is 16.7 Å². The number of aryl methyl sites for hydroxylation is 1. The number of para-hydroxylation sites is 2. The van der Waals surface area contributed by atoms with E-state index in [1.807, 2.05) is 75.5 Å². The number of nitrogens with one attached hydrogen (secondary N) is 2. The molecule has 1 aliphatic heterocycles. The molecule has 0 bridgehead atoms. The number of thiophene rings is 1. The van der Waals surface area contributed by atoms with Gasteiger partial charge < -0.3 is 19.4 Å². The van der Waals surface area contributed by atoms with Crippen LogP contribution in [0.4, 0.5) is 23.4 Å². The molecule has 0 unspecified atom stereocenters. The van der Waals surface area contributed by atoms with Gasteiger partial charge in [-0.3, -0.25) is 9.88 Å². The molecule has 0 saturated heterocycles. The molecule has 11 heteroatoms. The van der Waals surface area contributed by atoms with Crippen LogP contribution in [0, 0.1) is 0 Å². The fourth-order valence-electron chi connectivity index (χ4n) is 4.09. The van der Waals surface area contributed by atoms with Crippen molar-refractivity contribution >= 4 is 56.9 Å². The smallest absolute Gasteiger partial charge is 0.233 e. The topological polar surface area (TPSA) is 104 Å². The van der Waals surface area contributed by atoms with Crippen molar-refractivity contribution in [1.29, 1.82) is 0 Å². The van der Waals surface area contributed by atoms with E-state index in [0.29, 0.717) is 40.4 Å². The Labute approximate surface area is 202 Å². The summed E-state index contributed by atoms with van der Waals surface area (Å²) in [6.45, 7) is 0.216. The molecule has 0 spiro atoms. The number of rotatable bonds is 5. The second-order valence-electron chi connectivity index (χ2n) is 7.97. The van der Waals surface area contributed by atoms with E-state index in [1.54, 1.807) is 17.7 Å². The molecule has 0 atom stereocenters. The fraction of sp³-hybridized carbons (Fsp3) is 0.0833. The largest absolute Gasteiger partial charge is 0.454 e. The molecule has 0 fully saturated rings. The number of benzene rings is 2. The zero-order chi connectivity index (χ0) is 23.4. The summed E-state index contributed by atoms with van der Waals surface area (Å²) in [7, 11) is 1.96. The summed E-state index contributed by atoms with van der Waals surface area (Å²) in [5.74, 6) is 3.00. The first kappa shape index (κ1) is 19.8. The lowest BCUT2D eigenvalue weighted by atomic mass is 10.2. The van der Waals surface area contributed by atoms with Gasteiger partial charge in [0.25, 0.3) is 0 Å². The Morgan fingerprint density at radius 2 is 1.89 bits per heavy atom. The number of hydrogen-bond donors (Lipinski definition) is 2. The van der Waals surface area contributed by atoms with Crippen molar-refractivity contribution in [3.63, 3.8) is 0 Å². The summed E-state index contributed by atoms with van der Waals surface area (Å²) in [5, 5.41) is 10.7. The predicted octanol–water partition coefficient (Wildman–Crippen LogP) is 4.98. The quantitative estimate of drug-likeness (QED) is 0.355. The molecule has 6 aromatic rings. The minimum absolute atomic E-state index is 0.216. The highest BCUT2D eigenvalue weighted by atomic mass is 32.1. The Morgan fingerprint density at radius 3 is 2.77 bits per heavy atom. The number of ether oxygens (including phenoxy) is 2. The van der Waals surface area contributed by atoms with Gasteiger partial charge in [0.1, 0.15) is 6.33 Å². The van der Waals surface area contributed by atoms with E-state index in [4.69, 9.17) is 24.4 Å². The second kappa shape index (κ2) is 7.71. The van der Waals surface area contributed by atoms with Crippen LogP contribution in [0.2, 0.25) is 0 Å². The Balaban J connectivity index is 1.35. The van der Waals surface area contributed by atoms with E-state index < -0.39 is 0 Å². The normalized spacial score (nSPS) is 12.5. The van der Waals surface area contributed by atoms with Crippen LogP contribution < -0.4 is 20.1 Å². The minimum Gasteiger partial charge on any atom is -0.454 e. The molecule has 1 aliphatic rings. The Hall–Kier alpha value is -4.64. The molecular weight excluding hydrogens is 464 g/mol. The highest BCUT2D eigenvalue weighted by molar-refractivity contribution is 7.08. The number of anilines is 4. The molecule has 10 nitrogen and oxygen atoms in total. The van der Waals surface area contributed by atoms with Crippen LogP contribution >= 0.6 is 11.3 Å². The molecular formula is C24H18N8O2S. The molecule has 0 amide bonds. The lowest BCUT2D eigenvalue weighted by Gasteiger charge is -2.11. The Morgan fingerprint density at radius 1 is 0.971 bits per heavy atom. The zero-order valence-electron chi connectivity index (χ0n) is 18.5. The third kappa shape index (κ3) is 3.32. The summed E-state index contributed by atoms with van der Waals surface area (Å²) >= 11 is 1.61. The van der Waals surface area contributed by atoms with Crippen LogP contribution in [0.1, 0.15) is 0 Å². The lowest BCUT2D eigenvalue weighted by Crippen LogP contribution is -2.06. The van der Waals surface area contributed by atoms with Crippen molar-refractivity contribution in [3.05, 3.63) is 65.6 Å². The molecule has 7 rings (SSSR count). The molecule has 35 heavy (non-hydrogen) atoms. The average molecular weight is 483 g/mol. The molecule has 4 aromatic heterocycles. The summed E-state index contributed by atoms with van der Waals surface area (Å²) in [6, 6.07) is 15.6. The van der Waals surface area contributed by atoms with Crippen molar-refractivity contribution in [2.75, 3.05) is 17.4 Å². The van der Waals surface area contributed by atoms with Crippen LogP contribution in [0.3, 0.4) is 0 Å². The molecule has 0 radical (unpaired) electrons. The van der Waals surface area contributed by atoms with Crippen molar-refractivity contribution in [3.8, 4) is 17.2 Å². The van der Waals surface area contributed by atoms with Gasteiger partial charge in [-0.2, -0.15) is 21.3 Å². The molecule has 5 heterocycles. The summed E-state index contributed by atoms with van der Waals surface area (Å²) in [4.78, 5) is 18.9. The molecule has 0 aliphatic carbocycles. The van der Waals surface area contributed by atoms with Gasteiger partial charge >= 0.3 is 0 Å². The summed E-state index contributed by atoms with van der Waals surface area (Å²) < 4.78 is 14.9. The molecule has 172 valence electrons. The molecule has 2 aromatic carbocycles. The standard InChI is InChI=1S/C24H18N8O2S/c1-31-17-5-3-2-4-16(17)27-24(31)30-23-28-21(26-14-6-7-18-19(10-14)34-13-33-18)20-22(29-23)32(12-25-20)15-8-9-35-11-15/h2-12H,13H2,1H3,(H2,26,27,28,29,30). The predicted molar refractivity (Wildman–Crippen MR) is 134 cm³/mol. The first-order valence-corrected chi connectivity index (χ1v) is 11.8. The number of fused-ring (bicyclic) bond motifs is 3. The SMILES string of the molecule is Cn1c(Nc2nc(Nc3ccc4c(c3)OCO4)c3ncn(-c4ccsc4)c3n2)nc2ccccc21. The number of imidazole rings is 2. The summed E-state index contributed by atoms with van der Waals surface area (Å²) in [5.41, 5.74) is 5.00. The number of hydrogen-bond acceptors (Lipinski definition) is 9. The number of nitrogens with zero attached hydrogens (tertiary/aromatic N) is 6. The summed E-state index contributed by atoms with van der Waals surface area (Å²) in [6.07, 6.45) is 1.76. The molecule has 2 N–H and O–H groups in total. The number of aromatic nitrogens is 6.